The third-order valence-corrected chi connectivity index (χ3v) is 2.44. The highest BCUT2D eigenvalue weighted by Crippen LogP contribution is 2.32. The topological polar surface area (TPSA) is 53.6 Å². The number of aromatic hydroxyl groups is 2. The Balaban J connectivity index is 2.53. The van der Waals surface area contributed by atoms with Crippen molar-refractivity contribution in [2.75, 3.05) is 0 Å². The van der Waals surface area contributed by atoms with Gasteiger partial charge in [0.2, 0.25) is 0 Å². The molecule has 3 nitrogen and oxygen atoms in total. The molecule has 1 heterocycles. The number of benzene rings is 2. The van der Waals surface area contributed by atoms with Gasteiger partial charge in [0, 0.05) is 16.8 Å². The normalized spacial score (nSPS) is 11.2. The number of hydrogen-bond acceptors (Lipinski definition) is 3. The van der Waals surface area contributed by atoms with Crippen LogP contribution in [-0.4, -0.2) is 10.2 Å². The van der Waals surface area contributed by atoms with Crippen molar-refractivity contribution in [3.8, 4) is 11.5 Å². The Morgan fingerprint density at radius 3 is 2.33 bits per heavy atom. The van der Waals surface area contributed by atoms with E-state index in [0.29, 0.717) is 11.2 Å². The van der Waals surface area contributed by atoms with Gasteiger partial charge in [0.05, 0.1) is 0 Å². The van der Waals surface area contributed by atoms with Crippen LogP contribution < -0.4 is 0 Å². The number of fused-ring (bicyclic) bond motifs is 3. The summed E-state index contributed by atoms with van der Waals surface area (Å²) in [5, 5.41) is 20.4. The standard InChI is InChI=1S/C12H8O3/c13-7-2-4-11-10(5-7)9-3-1-8(14)6-12(9)15-11/h1-6,13-14H. The van der Waals surface area contributed by atoms with E-state index in [9.17, 15) is 10.2 Å². The Labute approximate surface area is 85.2 Å². The van der Waals surface area contributed by atoms with E-state index < -0.39 is 0 Å². The SMILES string of the molecule is Oc1ccc2c(c1)oc1ccc(O)cc12. The van der Waals surface area contributed by atoms with Gasteiger partial charge in [-0.15, -0.1) is 0 Å². The first-order valence-corrected chi connectivity index (χ1v) is 4.58. The van der Waals surface area contributed by atoms with E-state index >= 15 is 0 Å². The van der Waals surface area contributed by atoms with Crippen molar-refractivity contribution in [2.45, 2.75) is 0 Å². The molecule has 0 bridgehead atoms. The average Bonchev–Trinajstić information content (AvgIpc) is 2.54. The van der Waals surface area contributed by atoms with Crippen molar-refractivity contribution in [3.05, 3.63) is 36.4 Å². The molecule has 1 aromatic heterocycles. The van der Waals surface area contributed by atoms with E-state index in [1.54, 1.807) is 36.4 Å². The molecule has 0 aliphatic carbocycles. The van der Waals surface area contributed by atoms with Crippen molar-refractivity contribution in [1.82, 2.24) is 0 Å². The summed E-state index contributed by atoms with van der Waals surface area (Å²) in [6.07, 6.45) is 0. The Kier molecular flexibility index (Phi) is 1.45. The fourth-order valence-corrected chi connectivity index (χ4v) is 1.75. The van der Waals surface area contributed by atoms with Gasteiger partial charge < -0.3 is 14.6 Å². The summed E-state index contributed by atoms with van der Waals surface area (Å²) in [4.78, 5) is 0. The number of furan rings is 1. The fourth-order valence-electron chi connectivity index (χ4n) is 1.75. The molecule has 0 saturated heterocycles. The second kappa shape index (κ2) is 2.67. The molecular weight excluding hydrogens is 192 g/mol. The van der Waals surface area contributed by atoms with Gasteiger partial charge in [-0.3, -0.25) is 0 Å². The molecule has 2 aromatic carbocycles. The summed E-state index contributed by atoms with van der Waals surface area (Å²) in [5.74, 6) is 0.379. The van der Waals surface area contributed by atoms with Crippen molar-refractivity contribution < 1.29 is 14.6 Å². The number of phenols is 2. The van der Waals surface area contributed by atoms with E-state index in [1.807, 2.05) is 0 Å². The zero-order chi connectivity index (χ0) is 10.4. The lowest BCUT2D eigenvalue weighted by Gasteiger charge is -1.91. The molecule has 0 saturated carbocycles. The maximum atomic E-state index is 9.37. The summed E-state index contributed by atoms with van der Waals surface area (Å²) >= 11 is 0. The molecule has 74 valence electrons. The van der Waals surface area contributed by atoms with Crippen LogP contribution in [-0.2, 0) is 0 Å². The second-order valence-corrected chi connectivity index (χ2v) is 3.46. The molecule has 0 radical (unpaired) electrons. The molecule has 3 aromatic rings. The van der Waals surface area contributed by atoms with Crippen LogP contribution in [0.15, 0.2) is 40.8 Å². The van der Waals surface area contributed by atoms with Crippen LogP contribution in [0.2, 0.25) is 0 Å². The van der Waals surface area contributed by atoms with Crippen LogP contribution in [0.4, 0.5) is 0 Å². The molecule has 0 amide bonds. The Morgan fingerprint density at radius 1 is 0.733 bits per heavy atom. The maximum Gasteiger partial charge on any atom is 0.139 e. The van der Waals surface area contributed by atoms with E-state index in [-0.39, 0.29) is 11.5 Å². The van der Waals surface area contributed by atoms with E-state index in [1.165, 1.54) is 0 Å². The molecule has 0 unspecified atom stereocenters. The van der Waals surface area contributed by atoms with Gasteiger partial charge in [0.15, 0.2) is 0 Å². The lowest BCUT2D eigenvalue weighted by atomic mass is 10.1. The van der Waals surface area contributed by atoms with Crippen molar-refractivity contribution in [2.24, 2.45) is 0 Å². The highest BCUT2D eigenvalue weighted by Gasteiger charge is 2.07. The summed E-state index contributed by atoms with van der Waals surface area (Å²) in [6.45, 7) is 0. The quantitative estimate of drug-likeness (QED) is 0.586. The van der Waals surface area contributed by atoms with Gasteiger partial charge >= 0.3 is 0 Å². The molecule has 2 N–H and O–H groups in total. The fraction of sp³-hybridized carbons (Fsp3) is 0. The molecule has 15 heavy (non-hydrogen) atoms. The lowest BCUT2D eigenvalue weighted by molar-refractivity contribution is 0.474. The van der Waals surface area contributed by atoms with Crippen LogP contribution in [0.25, 0.3) is 21.9 Å². The minimum Gasteiger partial charge on any atom is -0.508 e. The molecule has 0 fully saturated rings. The van der Waals surface area contributed by atoms with Gasteiger partial charge in [0.1, 0.15) is 22.7 Å². The van der Waals surface area contributed by atoms with Gasteiger partial charge in [0.25, 0.3) is 0 Å². The van der Waals surface area contributed by atoms with Crippen LogP contribution in [0.3, 0.4) is 0 Å². The highest BCUT2D eigenvalue weighted by atomic mass is 16.3. The van der Waals surface area contributed by atoms with E-state index in [4.69, 9.17) is 4.42 Å². The molecule has 0 atom stereocenters. The maximum absolute atomic E-state index is 9.37. The lowest BCUT2D eigenvalue weighted by Crippen LogP contribution is -1.67. The summed E-state index contributed by atoms with van der Waals surface area (Å²) in [7, 11) is 0. The van der Waals surface area contributed by atoms with Crippen molar-refractivity contribution in [3.63, 3.8) is 0 Å². The van der Waals surface area contributed by atoms with Crippen LogP contribution in [0.1, 0.15) is 0 Å². The van der Waals surface area contributed by atoms with Gasteiger partial charge in [-0.2, -0.15) is 0 Å². The minimum atomic E-state index is 0.172. The summed E-state index contributed by atoms with van der Waals surface area (Å²) < 4.78 is 5.52. The zero-order valence-corrected chi connectivity index (χ0v) is 7.77. The third kappa shape index (κ3) is 1.13. The first-order chi connectivity index (χ1) is 7.24. The van der Waals surface area contributed by atoms with Crippen LogP contribution in [0.5, 0.6) is 11.5 Å². The van der Waals surface area contributed by atoms with Crippen molar-refractivity contribution >= 4 is 21.9 Å². The van der Waals surface area contributed by atoms with Gasteiger partial charge in [-0.05, 0) is 30.3 Å². The molecule has 3 heteroatoms. The smallest absolute Gasteiger partial charge is 0.139 e. The van der Waals surface area contributed by atoms with Crippen molar-refractivity contribution in [1.29, 1.82) is 0 Å². The Morgan fingerprint density at radius 2 is 1.47 bits per heavy atom. The van der Waals surface area contributed by atoms with E-state index in [2.05, 4.69) is 0 Å². The first kappa shape index (κ1) is 8.17. The Bertz CT molecular complexity index is 652. The predicted molar refractivity (Wildman–Crippen MR) is 57.0 cm³/mol. The monoisotopic (exact) mass is 200 g/mol. The van der Waals surface area contributed by atoms with E-state index in [0.717, 1.165) is 10.8 Å². The third-order valence-electron chi connectivity index (χ3n) is 2.44. The number of phenolic OH excluding ortho intramolecular Hbond substituents is 2. The minimum absolute atomic E-state index is 0.172. The predicted octanol–water partition coefficient (Wildman–Crippen LogP) is 3.00. The molecule has 3 rings (SSSR count). The average molecular weight is 200 g/mol. The first-order valence-electron chi connectivity index (χ1n) is 4.58. The van der Waals surface area contributed by atoms with Crippen LogP contribution in [0, 0.1) is 0 Å². The highest BCUT2D eigenvalue weighted by molar-refractivity contribution is 6.05. The van der Waals surface area contributed by atoms with Gasteiger partial charge in [-0.25, -0.2) is 0 Å². The molecule has 0 aliphatic rings. The molecule has 0 aliphatic heterocycles. The summed E-state index contributed by atoms with van der Waals surface area (Å²) in [6, 6.07) is 9.87. The summed E-state index contributed by atoms with van der Waals surface area (Å²) in [5.41, 5.74) is 1.32. The Hall–Kier alpha value is -2.16. The molecular formula is C12H8O3. The largest absolute Gasteiger partial charge is 0.508 e. The number of hydrogen-bond donors (Lipinski definition) is 2. The van der Waals surface area contributed by atoms with Crippen LogP contribution >= 0.6 is 0 Å². The second-order valence-electron chi connectivity index (χ2n) is 3.46. The zero-order valence-electron chi connectivity index (χ0n) is 7.77. The molecule has 0 spiro atoms. The number of rotatable bonds is 0. The van der Waals surface area contributed by atoms with Gasteiger partial charge in [-0.1, -0.05) is 0 Å².